The molecular weight excluding hydrogens is 354 g/mol. The van der Waals surface area contributed by atoms with Gasteiger partial charge in [0.1, 0.15) is 11.5 Å². The molecule has 4 rings (SSSR count). The van der Waals surface area contributed by atoms with Gasteiger partial charge in [-0.15, -0.1) is 0 Å². The first-order valence-corrected chi connectivity index (χ1v) is 9.63. The lowest BCUT2D eigenvalue weighted by Gasteiger charge is -2.37. The summed E-state index contributed by atoms with van der Waals surface area (Å²) in [4.78, 5) is 7.90. The standard InChI is InChI=1S/C22H27N3O3/c1-27-16-7-8-19-17(13-16)18(14-23-19)21(26)15-24-9-11-25(12-10-24)20-5-3-4-6-22(20)28-2/h3-8,13-14,21,23,26H,9-12,15H2,1-2H3. The maximum absolute atomic E-state index is 10.9. The lowest BCUT2D eigenvalue weighted by Crippen LogP contribution is -2.47. The van der Waals surface area contributed by atoms with Crippen molar-refractivity contribution in [1.29, 1.82) is 0 Å². The van der Waals surface area contributed by atoms with E-state index in [1.807, 2.05) is 42.6 Å². The molecule has 1 aliphatic heterocycles. The summed E-state index contributed by atoms with van der Waals surface area (Å²) in [6.07, 6.45) is 1.36. The van der Waals surface area contributed by atoms with Gasteiger partial charge in [0.2, 0.25) is 0 Å². The van der Waals surface area contributed by atoms with Crippen molar-refractivity contribution in [3.8, 4) is 11.5 Å². The minimum absolute atomic E-state index is 0.543. The number of methoxy groups -OCH3 is 2. The van der Waals surface area contributed by atoms with E-state index in [1.54, 1.807) is 14.2 Å². The molecule has 0 spiro atoms. The van der Waals surface area contributed by atoms with Crippen LogP contribution in [0.3, 0.4) is 0 Å². The molecule has 0 radical (unpaired) electrons. The molecule has 0 bridgehead atoms. The smallest absolute Gasteiger partial charge is 0.142 e. The van der Waals surface area contributed by atoms with Crippen LogP contribution >= 0.6 is 0 Å². The van der Waals surface area contributed by atoms with Gasteiger partial charge in [-0.1, -0.05) is 12.1 Å². The quantitative estimate of drug-likeness (QED) is 0.687. The Balaban J connectivity index is 1.41. The van der Waals surface area contributed by atoms with Gasteiger partial charge >= 0.3 is 0 Å². The van der Waals surface area contributed by atoms with Crippen LogP contribution in [0.1, 0.15) is 11.7 Å². The van der Waals surface area contributed by atoms with Gasteiger partial charge in [0, 0.05) is 55.4 Å². The van der Waals surface area contributed by atoms with Gasteiger partial charge in [-0.3, -0.25) is 4.90 Å². The van der Waals surface area contributed by atoms with Crippen LogP contribution in [0.15, 0.2) is 48.7 Å². The highest BCUT2D eigenvalue weighted by Crippen LogP contribution is 2.30. The van der Waals surface area contributed by atoms with E-state index in [2.05, 4.69) is 20.9 Å². The maximum Gasteiger partial charge on any atom is 0.142 e. The first-order valence-electron chi connectivity index (χ1n) is 9.63. The number of benzene rings is 2. The molecule has 1 fully saturated rings. The molecule has 1 aromatic heterocycles. The largest absolute Gasteiger partial charge is 0.497 e. The Kier molecular flexibility index (Phi) is 5.41. The van der Waals surface area contributed by atoms with Crippen LogP contribution in [-0.2, 0) is 0 Å². The van der Waals surface area contributed by atoms with Gasteiger partial charge < -0.3 is 24.5 Å². The fourth-order valence-corrected chi connectivity index (χ4v) is 3.93. The van der Waals surface area contributed by atoms with Crippen LogP contribution in [0.4, 0.5) is 5.69 Å². The number of hydrogen-bond donors (Lipinski definition) is 2. The molecule has 2 N–H and O–H groups in total. The summed E-state index contributed by atoms with van der Waals surface area (Å²) in [6, 6.07) is 14.0. The molecule has 1 atom stereocenters. The van der Waals surface area contributed by atoms with E-state index in [-0.39, 0.29) is 0 Å². The SMILES string of the molecule is COc1ccc2[nH]cc(C(O)CN3CCN(c4ccccc4OC)CC3)c2c1. The van der Waals surface area contributed by atoms with Crippen molar-refractivity contribution in [1.82, 2.24) is 9.88 Å². The second kappa shape index (κ2) is 8.12. The third kappa shape index (κ3) is 3.66. The first-order chi connectivity index (χ1) is 13.7. The van der Waals surface area contributed by atoms with Crippen molar-refractivity contribution in [3.63, 3.8) is 0 Å². The number of hydrogen-bond acceptors (Lipinski definition) is 5. The van der Waals surface area contributed by atoms with Crippen LogP contribution in [-0.4, -0.2) is 61.9 Å². The number of piperazine rings is 1. The number of β-amino-alcohol motifs (C(OH)–C–C–N with tert-alkyl or cyclic N) is 1. The van der Waals surface area contributed by atoms with E-state index in [9.17, 15) is 5.11 Å². The summed E-state index contributed by atoms with van der Waals surface area (Å²) in [5.74, 6) is 1.70. The topological polar surface area (TPSA) is 61.0 Å². The molecule has 1 saturated heterocycles. The lowest BCUT2D eigenvalue weighted by molar-refractivity contribution is 0.110. The molecule has 1 unspecified atom stereocenters. The monoisotopic (exact) mass is 381 g/mol. The fourth-order valence-electron chi connectivity index (χ4n) is 3.93. The predicted octanol–water partition coefficient (Wildman–Crippen LogP) is 3.04. The highest BCUT2D eigenvalue weighted by atomic mass is 16.5. The van der Waals surface area contributed by atoms with Crippen LogP contribution < -0.4 is 14.4 Å². The Bertz CT molecular complexity index is 932. The maximum atomic E-state index is 10.9. The summed E-state index contributed by atoms with van der Waals surface area (Å²) < 4.78 is 10.8. The number of nitrogens with zero attached hydrogens (tertiary/aromatic N) is 2. The number of para-hydroxylation sites is 2. The van der Waals surface area contributed by atoms with E-state index >= 15 is 0 Å². The van der Waals surface area contributed by atoms with Gasteiger partial charge in [-0.2, -0.15) is 0 Å². The number of ether oxygens (including phenoxy) is 2. The lowest BCUT2D eigenvalue weighted by atomic mass is 10.1. The number of nitrogens with one attached hydrogen (secondary N) is 1. The fraction of sp³-hybridized carbons (Fsp3) is 0.364. The van der Waals surface area contributed by atoms with Crippen molar-refractivity contribution >= 4 is 16.6 Å². The molecule has 2 aromatic carbocycles. The molecule has 3 aromatic rings. The Labute approximate surface area is 165 Å². The molecule has 6 nitrogen and oxygen atoms in total. The zero-order valence-corrected chi connectivity index (χ0v) is 16.4. The van der Waals surface area contributed by atoms with Gasteiger partial charge in [0.25, 0.3) is 0 Å². The average Bonchev–Trinajstić information content (AvgIpc) is 3.17. The van der Waals surface area contributed by atoms with E-state index in [1.165, 1.54) is 0 Å². The second-order valence-corrected chi connectivity index (χ2v) is 7.13. The summed E-state index contributed by atoms with van der Waals surface area (Å²) in [7, 11) is 3.37. The summed E-state index contributed by atoms with van der Waals surface area (Å²) >= 11 is 0. The van der Waals surface area contributed by atoms with Crippen LogP contribution in [0.2, 0.25) is 0 Å². The molecule has 148 valence electrons. The third-order valence-corrected chi connectivity index (χ3v) is 5.51. The number of anilines is 1. The van der Waals surface area contributed by atoms with Gasteiger partial charge in [0.05, 0.1) is 26.0 Å². The second-order valence-electron chi connectivity index (χ2n) is 7.13. The summed E-state index contributed by atoms with van der Waals surface area (Å²) in [5, 5.41) is 11.9. The van der Waals surface area contributed by atoms with Gasteiger partial charge in [-0.05, 0) is 30.3 Å². The molecule has 28 heavy (non-hydrogen) atoms. The van der Waals surface area contributed by atoms with Crippen LogP contribution in [0.25, 0.3) is 10.9 Å². The Hall–Kier alpha value is -2.70. The number of rotatable bonds is 6. The number of aliphatic hydroxyl groups is 1. The van der Waals surface area contributed by atoms with Crippen LogP contribution in [0.5, 0.6) is 11.5 Å². The van der Waals surface area contributed by atoms with E-state index in [4.69, 9.17) is 9.47 Å². The van der Waals surface area contributed by atoms with Crippen molar-refractivity contribution < 1.29 is 14.6 Å². The van der Waals surface area contributed by atoms with Crippen molar-refractivity contribution in [2.75, 3.05) is 51.8 Å². The van der Waals surface area contributed by atoms with Gasteiger partial charge in [0.15, 0.2) is 0 Å². The van der Waals surface area contributed by atoms with E-state index in [0.29, 0.717) is 6.54 Å². The Morgan fingerprint density at radius 3 is 2.57 bits per heavy atom. The van der Waals surface area contributed by atoms with Crippen molar-refractivity contribution in [3.05, 3.63) is 54.2 Å². The number of H-pyrrole nitrogens is 1. The summed E-state index contributed by atoms with van der Waals surface area (Å²) in [5.41, 5.74) is 3.06. The highest BCUT2D eigenvalue weighted by molar-refractivity contribution is 5.85. The van der Waals surface area contributed by atoms with E-state index in [0.717, 1.165) is 59.8 Å². The number of aromatic amines is 1. The van der Waals surface area contributed by atoms with Crippen molar-refractivity contribution in [2.24, 2.45) is 0 Å². The molecule has 1 aliphatic rings. The number of aliphatic hydroxyl groups excluding tert-OH is 1. The minimum atomic E-state index is -0.543. The minimum Gasteiger partial charge on any atom is -0.497 e. The molecule has 0 aliphatic carbocycles. The van der Waals surface area contributed by atoms with Crippen molar-refractivity contribution in [2.45, 2.75) is 6.10 Å². The molecule has 2 heterocycles. The summed E-state index contributed by atoms with van der Waals surface area (Å²) in [6.45, 7) is 4.25. The predicted molar refractivity (Wildman–Crippen MR) is 111 cm³/mol. The zero-order valence-electron chi connectivity index (χ0n) is 16.4. The first kappa shape index (κ1) is 18.7. The number of fused-ring (bicyclic) bond motifs is 1. The average molecular weight is 381 g/mol. The highest BCUT2D eigenvalue weighted by Gasteiger charge is 2.23. The number of aromatic nitrogens is 1. The molecule has 0 saturated carbocycles. The molecule has 0 amide bonds. The third-order valence-electron chi connectivity index (χ3n) is 5.51. The zero-order chi connectivity index (χ0) is 19.5. The van der Waals surface area contributed by atoms with E-state index < -0.39 is 6.10 Å². The Morgan fingerprint density at radius 1 is 1.04 bits per heavy atom. The van der Waals surface area contributed by atoms with Gasteiger partial charge in [-0.25, -0.2) is 0 Å². The molecule has 6 heteroatoms. The molecular formula is C22H27N3O3. The Morgan fingerprint density at radius 2 is 1.82 bits per heavy atom. The normalized spacial score (nSPS) is 16.3. The van der Waals surface area contributed by atoms with Crippen LogP contribution in [0, 0.1) is 0 Å².